The summed E-state index contributed by atoms with van der Waals surface area (Å²) in [5.74, 6) is -0.144. The summed E-state index contributed by atoms with van der Waals surface area (Å²) in [4.78, 5) is 12.7. The van der Waals surface area contributed by atoms with Crippen molar-refractivity contribution in [1.29, 1.82) is 0 Å². The highest BCUT2D eigenvalue weighted by Crippen LogP contribution is 2.46. The fourth-order valence-electron chi connectivity index (χ4n) is 4.56. The van der Waals surface area contributed by atoms with Crippen LogP contribution in [0.25, 0.3) is 6.08 Å². The van der Waals surface area contributed by atoms with Gasteiger partial charge in [0.15, 0.2) is 5.72 Å². The predicted molar refractivity (Wildman–Crippen MR) is 133 cm³/mol. The number of ether oxygens (including phenoxy) is 2. The van der Waals surface area contributed by atoms with Crippen LogP contribution in [-0.2, 0) is 15.3 Å². The lowest BCUT2D eigenvalue weighted by atomic mass is 9.94. The van der Waals surface area contributed by atoms with E-state index < -0.39 is 36.5 Å². The largest absolute Gasteiger partial charge is 0.495 e. The van der Waals surface area contributed by atoms with Crippen molar-refractivity contribution < 1.29 is 32.6 Å². The van der Waals surface area contributed by atoms with E-state index in [1.807, 2.05) is 7.05 Å². The Morgan fingerprint density at radius 2 is 2.03 bits per heavy atom. The van der Waals surface area contributed by atoms with E-state index in [0.29, 0.717) is 22.6 Å². The molecule has 2 unspecified atom stereocenters. The lowest BCUT2D eigenvalue weighted by Crippen LogP contribution is -2.60. The van der Waals surface area contributed by atoms with Crippen molar-refractivity contribution in [2.75, 3.05) is 25.6 Å². The highest BCUT2D eigenvalue weighted by molar-refractivity contribution is 5.66. The van der Waals surface area contributed by atoms with Crippen LogP contribution in [0.4, 0.5) is 18.9 Å². The van der Waals surface area contributed by atoms with Crippen LogP contribution in [0.3, 0.4) is 0 Å². The second-order valence-electron chi connectivity index (χ2n) is 8.89. The lowest BCUT2D eigenvalue weighted by Gasteiger charge is -2.44. The molecule has 0 amide bonds. The molecule has 2 fully saturated rings. The van der Waals surface area contributed by atoms with E-state index in [-0.39, 0.29) is 5.76 Å². The average molecular weight is 519 g/mol. The number of benzene rings is 2. The number of allylic oxidation sites excluding steroid dienone is 1. The number of halogens is 3. The third-order valence-corrected chi connectivity index (χ3v) is 6.30. The summed E-state index contributed by atoms with van der Waals surface area (Å²) in [6.07, 6.45) is -2.60. The Morgan fingerprint density at radius 3 is 2.65 bits per heavy atom. The van der Waals surface area contributed by atoms with Crippen LogP contribution in [0, 0.1) is 5.82 Å². The molecule has 2 aromatic carbocycles. The van der Waals surface area contributed by atoms with Crippen LogP contribution in [0.1, 0.15) is 25.0 Å². The van der Waals surface area contributed by atoms with Gasteiger partial charge in [0.2, 0.25) is 0 Å². The van der Waals surface area contributed by atoms with E-state index in [4.69, 9.17) is 14.3 Å². The Kier molecular flexibility index (Phi) is 7.33. The third-order valence-electron chi connectivity index (χ3n) is 6.30. The number of hydrogen-bond acceptors (Lipinski definition) is 8. The molecule has 11 heteroatoms. The number of alkyl halides is 2. The minimum absolute atomic E-state index is 0.129. The van der Waals surface area contributed by atoms with Gasteiger partial charge in [-0.3, -0.25) is 9.83 Å². The maximum Gasteiger partial charge on any atom is 0.410 e. The van der Waals surface area contributed by atoms with Crippen molar-refractivity contribution >= 4 is 18.5 Å². The number of fused-ring (bicyclic) bond motifs is 1. The first-order valence-corrected chi connectivity index (χ1v) is 11.5. The highest BCUT2D eigenvalue weighted by Gasteiger charge is 2.60. The Morgan fingerprint density at radius 1 is 1.32 bits per heavy atom. The van der Waals surface area contributed by atoms with Crippen molar-refractivity contribution in [2.45, 2.75) is 38.0 Å². The summed E-state index contributed by atoms with van der Waals surface area (Å²) < 4.78 is 53.9. The Hall–Kier alpha value is -3.38. The molecule has 2 aliphatic rings. The molecule has 2 heterocycles. The molecule has 2 aromatic rings. The Balaban J connectivity index is 1.73. The van der Waals surface area contributed by atoms with Gasteiger partial charge in [-0.1, -0.05) is 18.2 Å². The van der Waals surface area contributed by atoms with E-state index in [2.05, 4.69) is 17.2 Å². The van der Waals surface area contributed by atoms with Gasteiger partial charge in [0, 0.05) is 18.8 Å². The molecule has 198 valence electrons. The van der Waals surface area contributed by atoms with E-state index in [1.165, 1.54) is 49.3 Å². The number of nitrogens with zero attached hydrogens (tertiary/aromatic N) is 3. The SMILES string of the molecule is C=N/C(C)=C\N(C)c1ccc(/C=C2\OC(F)(F)CN3C2NO[C@]3(c2ccc(F)cc2)C(C)O)cc1OC. The summed E-state index contributed by atoms with van der Waals surface area (Å²) in [6.45, 7) is 5.85. The highest BCUT2D eigenvalue weighted by atomic mass is 19.3. The molecule has 2 N–H and O–H groups in total. The third kappa shape index (κ3) is 5.08. The van der Waals surface area contributed by atoms with Crippen molar-refractivity contribution in [3.8, 4) is 5.75 Å². The summed E-state index contributed by atoms with van der Waals surface area (Å²) >= 11 is 0. The molecule has 37 heavy (non-hydrogen) atoms. The second kappa shape index (κ2) is 10.2. The van der Waals surface area contributed by atoms with E-state index >= 15 is 0 Å². The maximum atomic E-state index is 14.9. The van der Waals surface area contributed by atoms with Gasteiger partial charge in [0.1, 0.15) is 36.1 Å². The summed E-state index contributed by atoms with van der Waals surface area (Å²) in [6, 6.07) is 10.3. The summed E-state index contributed by atoms with van der Waals surface area (Å²) in [7, 11) is 3.32. The molecule has 0 aromatic heterocycles. The number of morpholine rings is 1. The molecule has 0 spiro atoms. The standard InChI is InChI=1S/C26H29F3N4O4/c1-16(30-3)14-32(4)21-11-6-18(12-22(21)35-5)13-23-24-31-37-26(17(2)34,19-7-9-20(27)10-8-19)33(24)15-25(28,29)36-23/h6-14,17,24,31,34H,3,15H2,1-2,4-5H3/b16-14-,23-13-/t17?,24?,26-/m0/s1. The number of aliphatic imine (C=N–C) groups is 1. The van der Waals surface area contributed by atoms with Crippen molar-refractivity contribution in [3.05, 3.63) is 77.1 Å². The number of anilines is 1. The first-order chi connectivity index (χ1) is 17.5. The molecule has 0 aliphatic carbocycles. The number of rotatable bonds is 7. The molecular formula is C26H29F3N4O4. The number of methoxy groups -OCH3 is 1. The normalized spacial score (nSPS) is 25.4. The van der Waals surface area contributed by atoms with Gasteiger partial charge in [-0.05, 0) is 56.5 Å². The number of aliphatic hydroxyl groups is 1. The lowest BCUT2D eigenvalue weighted by molar-refractivity contribution is -0.276. The predicted octanol–water partition coefficient (Wildman–Crippen LogP) is 4.19. The first-order valence-electron chi connectivity index (χ1n) is 11.5. The molecule has 0 saturated carbocycles. The Labute approximate surface area is 213 Å². The number of nitrogens with one attached hydrogen (secondary N) is 1. The average Bonchev–Trinajstić information content (AvgIpc) is 3.23. The van der Waals surface area contributed by atoms with E-state index in [1.54, 1.807) is 36.2 Å². The van der Waals surface area contributed by atoms with Gasteiger partial charge < -0.3 is 19.5 Å². The van der Waals surface area contributed by atoms with Gasteiger partial charge in [-0.2, -0.15) is 14.3 Å². The topological polar surface area (TPSA) is 78.8 Å². The molecule has 2 saturated heterocycles. The van der Waals surface area contributed by atoms with Crippen molar-refractivity contribution in [3.63, 3.8) is 0 Å². The number of hydrogen-bond donors (Lipinski definition) is 2. The molecular weight excluding hydrogens is 489 g/mol. The monoisotopic (exact) mass is 518 g/mol. The van der Waals surface area contributed by atoms with Gasteiger partial charge in [0.05, 0.1) is 18.5 Å². The second-order valence-corrected chi connectivity index (χ2v) is 8.89. The minimum atomic E-state index is -3.60. The molecule has 0 bridgehead atoms. The van der Waals surface area contributed by atoms with Crippen LogP contribution in [0.15, 0.2) is 65.1 Å². The Bertz CT molecular complexity index is 1220. The molecule has 2 aliphatic heterocycles. The summed E-state index contributed by atoms with van der Waals surface area (Å²) in [5, 5.41) is 10.7. The van der Waals surface area contributed by atoms with Gasteiger partial charge in [0.25, 0.3) is 0 Å². The molecule has 0 radical (unpaired) electrons. The van der Waals surface area contributed by atoms with Crippen LogP contribution in [-0.4, -0.2) is 55.8 Å². The van der Waals surface area contributed by atoms with Crippen molar-refractivity contribution in [1.82, 2.24) is 10.4 Å². The van der Waals surface area contributed by atoms with Gasteiger partial charge in [-0.25, -0.2) is 9.29 Å². The van der Waals surface area contributed by atoms with Gasteiger partial charge >= 0.3 is 6.11 Å². The first kappa shape index (κ1) is 26.7. The van der Waals surface area contributed by atoms with Crippen LogP contribution in [0.5, 0.6) is 5.75 Å². The quantitative estimate of drug-likeness (QED) is 0.532. The molecule has 8 nitrogen and oxygen atoms in total. The fraction of sp³-hybridized carbons (Fsp3) is 0.346. The molecule has 4 rings (SSSR count). The van der Waals surface area contributed by atoms with E-state index in [0.717, 1.165) is 5.69 Å². The number of aliphatic hydroxyl groups excluding tert-OH is 1. The smallest absolute Gasteiger partial charge is 0.410 e. The van der Waals surface area contributed by atoms with Crippen LogP contribution in [0.2, 0.25) is 0 Å². The van der Waals surface area contributed by atoms with E-state index in [9.17, 15) is 18.3 Å². The summed E-state index contributed by atoms with van der Waals surface area (Å²) in [5.41, 5.74) is 3.26. The van der Waals surface area contributed by atoms with Gasteiger partial charge in [-0.15, -0.1) is 0 Å². The number of hydroxylamine groups is 1. The van der Waals surface area contributed by atoms with Crippen molar-refractivity contribution in [2.24, 2.45) is 4.99 Å². The molecule has 3 atom stereocenters. The zero-order valence-electron chi connectivity index (χ0n) is 20.9. The van der Waals surface area contributed by atoms with Crippen LogP contribution < -0.4 is 15.1 Å². The minimum Gasteiger partial charge on any atom is -0.495 e. The zero-order valence-corrected chi connectivity index (χ0v) is 20.9. The fourth-order valence-corrected chi connectivity index (χ4v) is 4.56. The maximum absolute atomic E-state index is 14.9. The zero-order chi connectivity index (χ0) is 27.0. The van der Waals surface area contributed by atoms with Crippen LogP contribution >= 0.6 is 0 Å².